The lowest BCUT2D eigenvalue weighted by atomic mass is 9.85. The van der Waals surface area contributed by atoms with E-state index in [1.165, 1.54) is 0 Å². The van der Waals surface area contributed by atoms with E-state index >= 15 is 0 Å². The number of carbonyl (C=O) groups is 1. The Labute approximate surface area is 124 Å². The standard InChI is InChI=1S/C14H16F5NO2/c1-13(2,14(3,18)19)12(21)20(22-4)7-8-5-10(16)11(17)6-9(8)15/h5-6H,7H2,1-4H3. The van der Waals surface area contributed by atoms with Crippen molar-refractivity contribution in [2.24, 2.45) is 5.41 Å². The molecule has 1 rings (SSSR count). The van der Waals surface area contributed by atoms with Crippen molar-refractivity contribution in [3.63, 3.8) is 0 Å². The van der Waals surface area contributed by atoms with Crippen LogP contribution in [0.2, 0.25) is 0 Å². The van der Waals surface area contributed by atoms with Crippen molar-refractivity contribution in [1.29, 1.82) is 0 Å². The zero-order valence-corrected chi connectivity index (χ0v) is 12.5. The van der Waals surface area contributed by atoms with Crippen LogP contribution in [-0.4, -0.2) is 24.0 Å². The molecule has 1 aromatic rings. The first-order valence-electron chi connectivity index (χ1n) is 6.29. The van der Waals surface area contributed by atoms with Crippen LogP contribution in [0, 0.1) is 22.9 Å². The first kappa shape index (κ1) is 18.3. The molecule has 0 saturated heterocycles. The quantitative estimate of drug-likeness (QED) is 0.470. The first-order valence-corrected chi connectivity index (χ1v) is 6.29. The molecule has 22 heavy (non-hydrogen) atoms. The van der Waals surface area contributed by atoms with Gasteiger partial charge in [-0.1, -0.05) is 0 Å². The van der Waals surface area contributed by atoms with E-state index in [4.69, 9.17) is 4.84 Å². The van der Waals surface area contributed by atoms with Gasteiger partial charge in [-0.3, -0.25) is 9.63 Å². The molecule has 0 saturated carbocycles. The average molecular weight is 325 g/mol. The smallest absolute Gasteiger partial charge is 0.259 e. The summed E-state index contributed by atoms with van der Waals surface area (Å²) >= 11 is 0. The summed E-state index contributed by atoms with van der Waals surface area (Å²) in [5.74, 6) is -8.31. The molecular formula is C14H16F5NO2. The second-order valence-electron chi connectivity index (χ2n) is 5.40. The van der Waals surface area contributed by atoms with Crippen LogP contribution in [0.5, 0.6) is 0 Å². The van der Waals surface area contributed by atoms with Crippen molar-refractivity contribution in [2.75, 3.05) is 7.11 Å². The third-order valence-corrected chi connectivity index (χ3v) is 3.48. The van der Waals surface area contributed by atoms with Crippen LogP contribution in [0.3, 0.4) is 0 Å². The second kappa shape index (κ2) is 6.20. The monoisotopic (exact) mass is 325 g/mol. The summed E-state index contributed by atoms with van der Waals surface area (Å²) in [5, 5.41) is 0.479. The van der Waals surface area contributed by atoms with Gasteiger partial charge in [-0.25, -0.2) is 27.0 Å². The van der Waals surface area contributed by atoms with Crippen LogP contribution in [0.4, 0.5) is 22.0 Å². The SMILES string of the molecule is CON(Cc1cc(F)c(F)cc1F)C(=O)C(C)(C)C(C)(F)F. The minimum atomic E-state index is -3.37. The van der Waals surface area contributed by atoms with Gasteiger partial charge in [0.1, 0.15) is 11.2 Å². The molecule has 8 heteroatoms. The van der Waals surface area contributed by atoms with Gasteiger partial charge in [-0.05, 0) is 19.9 Å². The van der Waals surface area contributed by atoms with E-state index in [0.717, 1.165) is 21.0 Å². The number of nitrogens with zero attached hydrogens (tertiary/aromatic N) is 1. The highest BCUT2D eigenvalue weighted by Crippen LogP contribution is 2.37. The van der Waals surface area contributed by atoms with Gasteiger partial charge in [0, 0.05) is 18.6 Å². The van der Waals surface area contributed by atoms with E-state index < -0.39 is 46.8 Å². The molecule has 0 N–H and O–H groups in total. The van der Waals surface area contributed by atoms with Gasteiger partial charge in [0.2, 0.25) is 0 Å². The molecule has 0 aliphatic rings. The van der Waals surface area contributed by atoms with Crippen LogP contribution >= 0.6 is 0 Å². The number of halogens is 5. The van der Waals surface area contributed by atoms with E-state index in [-0.39, 0.29) is 0 Å². The highest BCUT2D eigenvalue weighted by molar-refractivity contribution is 5.82. The lowest BCUT2D eigenvalue weighted by Crippen LogP contribution is -2.48. The number of rotatable bonds is 5. The maximum atomic E-state index is 13.6. The van der Waals surface area contributed by atoms with Crippen LogP contribution < -0.4 is 0 Å². The molecular weight excluding hydrogens is 309 g/mol. The molecule has 0 aliphatic carbocycles. The lowest BCUT2D eigenvalue weighted by molar-refractivity contribution is -0.205. The van der Waals surface area contributed by atoms with Crippen molar-refractivity contribution in [1.82, 2.24) is 5.06 Å². The number of amides is 1. The van der Waals surface area contributed by atoms with E-state index in [2.05, 4.69) is 0 Å². The second-order valence-corrected chi connectivity index (χ2v) is 5.40. The zero-order valence-electron chi connectivity index (χ0n) is 12.5. The van der Waals surface area contributed by atoms with Crippen molar-refractivity contribution in [3.05, 3.63) is 35.1 Å². The molecule has 1 amide bonds. The number of alkyl halides is 2. The minimum absolute atomic E-state index is 0.308. The largest absolute Gasteiger partial charge is 0.274 e. The van der Waals surface area contributed by atoms with E-state index in [1.807, 2.05) is 0 Å². The Balaban J connectivity index is 3.09. The van der Waals surface area contributed by atoms with Crippen molar-refractivity contribution < 1.29 is 31.6 Å². The van der Waals surface area contributed by atoms with Gasteiger partial charge in [0.05, 0.1) is 13.7 Å². The van der Waals surface area contributed by atoms with Crippen LogP contribution in [0.15, 0.2) is 12.1 Å². The fourth-order valence-corrected chi connectivity index (χ4v) is 1.56. The molecule has 0 fully saturated rings. The maximum Gasteiger partial charge on any atom is 0.259 e. The molecule has 0 atom stereocenters. The molecule has 0 bridgehead atoms. The van der Waals surface area contributed by atoms with E-state index in [9.17, 15) is 26.7 Å². The predicted molar refractivity (Wildman–Crippen MR) is 68.3 cm³/mol. The molecule has 0 aromatic heterocycles. The molecule has 0 spiro atoms. The van der Waals surface area contributed by atoms with Crippen molar-refractivity contribution in [3.8, 4) is 0 Å². The Hall–Kier alpha value is -1.70. The Morgan fingerprint density at radius 1 is 1.09 bits per heavy atom. The molecule has 1 aromatic carbocycles. The van der Waals surface area contributed by atoms with Crippen molar-refractivity contribution >= 4 is 5.91 Å². The summed E-state index contributed by atoms with van der Waals surface area (Å²) < 4.78 is 66.6. The number of carbonyl (C=O) groups excluding carboxylic acids is 1. The molecule has 3 nitrogen and oxygen atoms in total. The van der Waals surface area contributed by atoms with Gasteiger partial charge in [-0.2, -0.15) is 0 Å². The normalized spacial score (nSPS) is 12.4. The Bertz CT molecular complexity index is 569. The summed E-state index contributed by atoms with van der Waals surface area (Å²) in [6.07, 6.45) is 0. The topological polar surface area (TPSA) is 29.5 Å². The van der Waals surface area contributed by atoms with E-state index in [0.29, 0.717) is 24.1 Å². The molecule has 0 unspecified atom stereocenters. The van der Waals surface area contributed by atoms with Gasteiger partial charge in [0.25, 0.3) is 11.8 Å². The molecule has 0 heterocycles. The minimum Gasteiger partial charge on any atom is -0.274 e. The van der Waals surface area contributed by atoms with E-state index in [1.54, 1.807) is 0 Å². The lowest BCUT2D eigenvalue weighted by Gasteiger charge is -2.34. The highest BCUT2D eigenvalue weighted by Gasteiger charge is 2.50. The van der Waals surface area contributed by atoms with Crippen LogP contribution in [-0.2, 0) is 16.2 Å². The first-order chi connectivity index (χ1) is 9.91. The third-order valence-electron chi connectivity index (χ3n) is 3.48. The van der Waals surface area contributed by atoms with Crippen molar-refractivity contribution in [2.45, 2.75) is 33.2 Å². The number of hydrogen-bond acceptors (Lipinski definition) is 2. The predicted octanol–water partition coefficient (Wildman–Crippen LogP) is 3.68. The van der Waals surface area contributed by atoms with Gasteiger partial charge < -0.3 is 0 Å². The molecule has 124 valence electrons. The zero-order chi connectivity index (χ0) is 17.3. The maximum absolute atomic E-state index is 13.6. The number of hydrogen-bond donors (Lipinski definition) is 0. The fraction of sp³-hybridized carbons (Fsp3) is 0.500. The third kappa shape index (κ3) is 3.55. The summed E-state index contributed by atoms with van der Waals surface area (Å²) in [6.45, 7) is 1.93. The van der Waals surface area contributed by atoms with Gasteiger partial charge in [0.15, 0.2) is 11.6 Å². The number of hydroxylamine groups is 2. The Morgan fingerprint density at radius 2 is 1.59 bits per heavy atom. The Morgan fingerprint density at radius 3 is 2.05 bits per heavy atom. The van der Waals surface area contributed by atoms with Gasteiger partial charge >= 0.3 is 0 Å². The van der Waals surface area contributed by atoms with Crippen LogP contribution in [0.25, 0.3) is 0 Å². The van der Waals surface area contributed by atoms with Crippen LogP contribution in [0.1, 0.15) is 26.3 Å². The summed E-state index contributed by atoms with van der Waals surface area (Å²) in [5.41, 5.74) is -2.53. The molecule has 0 radical (unpaired) electrons. The summed E-state index contributed by atoms with van der Waals surface area (Å²) in [4.78, 5) is 16.8. The van der Waals surface area contributed by atoms with Gasteiger partial charge in [-0.15, -0.1) is 0 Å². The fourth-order valence-electron chi connectivity index (χ4n) is 1.56. The average Bonchev–Trinajstić information content (AvgIpc) is 2.39. The summed E-state index contributed by atoms with van der Waals surface area (Å²) in [6, 6.07) is 0.851. The summed E-state index contributed by atoms with van der Waals surface area (Å²) in [7, 11) is 1.03. The highest BCUT2D eigenvalue weighted by atomic mass is 19.3. The number of benzene rings is 1. The Kier molecular flexibility index (Phi) is 5.17. The molecule has 0 aliphatic heterocycles.